The molecule has 0 fully saturated rings. The van der Waals surface area contributed by atoms with Crippen LogP contribution in [0.1, 0.15) is 17.2 Å². The molecule has 0 aromatic heterocycles. The fourth-order valence-corrected chi connectivity index (χ4v) is 3.02. The maximum atomic E-state index is 10.8. The summed E-state index contributed by atoms with van der Waals surface area (Å²) in [5, 5.41) is 3.17. The Morgan fingerprint density at radius 1 is 1.60 bits per heavy atom. The lowest BCUT2D eigenvalue weighted by molar-refractivity contribution is 0.811. The van der Waals surface area contributed by atoms with Crippen LogP contribution in [0.25, 0.3) is 0 Å². The third-order valence-electron chi connectivity index (χ3n) is 2.45. The third kappa shape index (κ3) is 1.94. The molecule has 1 aromatic carbocycles. The molecule has 1 unspecified atom stereocenters. The number of rotatable bonds is 1. The van der Waals surface area contributed by atoms with Crippen molar-refractivity contribution >= 4 is 23.4 Å². The summed E-state index contributed by atoms with van der Waals surface area (Å²) in [6.07, 6.45) is 0. The van der Waals surface area contributed by atoms with Crippen molar-refractivity contribution < 1.29 is 0 Å². The van der Waals surface area contributed by atoms with Crippen molar-refractivity contribution in [1.82, 2.24) is 0 Å². The van der Waals surface area contributed by atoms with Gasteiger partial charge in [0.25, 0.3) is 0 Å². The highest BCUT2D eigenvalue weighted by atomic mass is 35.5. The molecule has 2 nitrogen and oxygen atoms in total. The Bertz CT molecular complexity index is 431. The molecule has 0 saturated carbocycles. The number of halogens is 1. The molecule has 0 saturated heterocycles. The van der Waals surface area contributed by atoms with Gasteiger partial charge in [0, 0.05) is 16.2 Å². The highest BCUT2D eigenvalue weighted by molar-refractivity contribution is 7.99. The zero-order valence-corrected chi connectivity index (χ0v) is 9.81. The molecule has 0 amide bonds. The quantitative estimate of drug-likeness (QED) is 0.693. The van der Waals surface area contributed by atoms with Crippen molar-refractivity contribution in [3.05, 3.63) is 45.3 Å². The predicted octanol–water partition coefficient (Wildman–Crippen LogP) is 4.03. The van der Waals surface area contributed by atoms with Crippen LogP contribution in [0.3, 0.4) is 0 Å². The minimum Gasteiger partial charge on any atom is -0.150 e. The lowest BCUT2D eigenvalue weighted by atomic mass is 9.99. The van der Waals surface area contributed by atoms with Crippen molar-refractivity contribution in [2.45, 2.75) is 17.9 Å². The van der Waals surface area contributed by atoms with Crippen LogP contribution in [0, 0.1) is 11.8 Å². The second kappa shape index (κ2) is 4.37. The first-order chi connectivity index (χ1) is 7.26. The van der Waals surface area contributed by atoms with Gasteiger partial charge in [-0.1, -0.05) is 34.5 Å². The van der Waals surface area contributed by atoms with Gasteiger partial charge >= 0.3 is 0 Å². The van der Waals surface area contributed by atoms with Crippen LogP contribution < -0.4 is 0 Å². The summed E-state index contributed by atoms with van der Waals surface area (Å²) >= 11 is 7.38. The first-order valence-electron chi connectivity index (χ1n) is 4.61. The van der Waals surface area contributed by atoms with Crippen molar-refractivity contribution in [3.8, 4) is 0 Å². The SMILES string of the molecule is Cc1ccc2c(c1)C(N=O)/C(=C\Cl)CS2. The van der Waals surface area contributed by atoms with Crippen LogP contribution in [0.4, 0.5) is 0 Å². The zero-order valence-electron chi connectivity index (χ0n) is 8.24. The molecule has 0 spiro atoms. The Kier molecular flexibility index (Phi) is 3.12. The summed E-state index contributed by atoms with van der Waals surface area (Å²) in [5.74, 6) is 0.746. The van der Waals surface area contributed by atoms with Crippen LogP contribution >= 0.6 is 23.4 Å². The molecule has 0 radical (unpaired) electrons. The summed E-state index contributed by atoms with van der Waals surface area (Å²) in [7, 11) is 0. The minimum absolute atomic E-state index is 0.404. The number of benzene rings is 1. The van der Waals surface area contributed by atoms with Crippen molar-refractivity contribution in [2.75, 3.05) is 5.75 Å². The van der Waals surface area contributed by atoms with E-state index in [9.17, 15) is 4.91 Å². The summed E-state index contributed by atoms with van der Waals surface area (Å²) in [6, 6.07) is 5.69. The van der Waals surface area contributed by atoms with E-state index in [2.05, 4.69) is 5.18 Å². The standard InChI is InChI=1S/C11H10ClNOS/c1-7-2-3-10-9(4-7)11(13-14)8(5-12)6-15-10/h2-5,11H,6H2,1H3/b8-5-. The van der Waals surface area contributed by atoms with Gasteiger partial charge in [0.15, 0.2) is 0 Å². The molecule has 4 heteroatoms. The molecular weight excluding hydrogens is 230 g/mol. The van der Waals surface area contributed by atoms with E-state index in [4.69, 9.17) is 11.6 Å². The number of fused-ring (bicyclic) bond motifs is 1. The smallest absolute Gasteiger partial charge is 0.141 e. The number of hydrogen-bond acceptors (Lipinski definition) is 3. The molecule has 1 aromatic rings. The maximum absolute atomic E-state index is 10.8. The second-order valence-electron chi connectivity index (χ2n) is 3.52. The van der Waals surface area contributed by atoms with Gasteiger partial charge in [-0.05, 0) is 24.1 Å². The van der Waals surface area contributed by atoms with Gasteiger partial charge in [-0.3, -0.25) is 0 Å². The number of nitrogens with zero attached hydrogens (tertiary/aromatic N) is 1. The fraction of sp³-hybridized carbons (Fsp3) is 0.273. The van der Waals surface area contributed by atoms with Gasteiger partial charge in [-0.25, -0.2) is 0 Å². The molecule has 0 aliphatic carbocycles. The number of hydrogen-bond donors (Lipinski definition) is 0. The molecule has 2 rings (SSSR count). The second-order valence-corrected chi connectivity index (χ2v) is 4.76. The van der Waals surface area contributed by atoms with E-state index < -0.39 is 6.04 Å². The van der Waals surface area contributed by atoms with E-state index >= 15 is 0 Å². The molecule has 1 atom stereocenters. The summed E-state index contributed by atoms with van der Waals surface area (Å²) in [4.78, 5) is 12.0. The highest BCUT2D eigenvalue weighted by Gasteiger charge is 2.25. The Morgan fingerprint density at radius 2 is 2.40 bits per heavy atom. The maximum Gasteiger partial charge on any atom is 0.141 e. The van der Waals surface area contributed by atoms with Crippen LogP contribution in [0.15, 0.2) is 39.4 Å². The van der Waals surface area contributed by atoms with E-state index in [0.29, 0.717) is 0 Å². The summed E-state index contributed by atoms with van der Waals surface area (Å²) < 4.78 is 0. The monoisotopic (exact) mass is 239 g/mol. The molecule has 0 N–H and O–H groups in total. The first kappa shape index (κ1) is 10.7. The first-order valence-corrected chi connectivity index (χ1v) is 6.03. The molecule has 15 heavy (non-hydrogen) atoms. The number of nitroso groups, excluding NO2 is 1. The zero-order chi connectivity index (χ0) is 10.8. The number of thioether (sulfide) groups is 1. The van der Waals surface area contributed by atoms with Gasteiger partial charge in [-0.15, -0.1) is 16.7 Å². The van der Waals surface area contributed by atoms with Gasteiger partial charge in [0.05, 0.1) is 0 Å². The van der Waals surface area contributed by atoms with Crippen LogP contribution in [0.5, 0.6) is 0 Å². The van der Waals surface area contributed by atoms with E-state index in [0.717, 1.165) is 27.3 Å². The molecule has 0 bridgehead atoms. The van der Waals surface area contributed by atoms with Crippen LogP contribution in [-0.4, -0.2) is 5.75 Å². The summed E-state index contributed by atoms with van der Waals surface area (Å²) in [6.45, 7) is 2.01. The van der Waals surface area contributed by atoms with Gasteiger partial charge in [0.2, 0.25) is 0 Å². The van der Waals surface area contributed by atoms with E-state index in [1.54, 1.807) is 11.8 Å². The molecule has 1 aliphatic heterocycles. The minimum atomic E-state index is -0.404. The Hall–Kier alpha value is -0.800. The van der Waals surface area contributed by atoms with Crippen LogP contribution in [0.2, 0.25) is 0 Å². The van der Waals surface area contributed by atoms with Gasteiger partial charge < -0.3 is 0 Å². The average Bonchev–Trinajstić information content (AvgIpc) is 2.27. The molecule has 1 aliphatic rings. The highest BCUT2D eigenvalue weighted by Crippen LogP contribution is 2.41. The van der Waals surface area contributed by atoms with E-state index in [1.807, 2.05) is 25.1 Å². The summed E-state index contributed by atoms with van der Waals surface area (Å²) in [5.41, 5.74) is 4.48. The topological polar surface area (TPSA) is 29.4 Å². The number of aryl methyl sites for hydroxylation is 1. The predicted molar refractivity (Wildman–Crippen MR) is 64.4 cm³/mol. The average molecular weight is 240 g/mol. The van der Waals surface area contributed by atoms with E-state index in [-0.39, 0.29) is 0 Å². The third-order valence-corrected chi connectivity index (χ3v) is 3.89. The van der Waals surface area contributed by atoms with Crippen molar-refractivity contribution in [3.63, 3.8) is 0 Å². The van der Waals surface area contributed by atoms with E-state index in [1.165, 1.54) is 5.54 Å². The Labute approximate surface area is 97.7 Å². The van der Waals surface area contributed by atoms with Gasteiger partial charge in [0.1, 0.15) is 6.04 Å². The Morgan fingerprint density at radius 3 is 3.07 bits per heavy atom. The molecule has 78 valence electrons. The van der Waals surface area contributed by atoms with Crippen LogP contribution in [-0.2, 0) is 0 Å². The lowest BCUT2D eigenvalue weighted by Gasteiger charge is -2.22. The Balaban J connectivity index is 2.53. The molecule has 1 heterocycles. The molecular formula is C11H10ClNOS. The fourth-order valence-electron chi connectivity index (χ4n) is 1.67. The van der Waals surface area contributed by atoms with Crippen molar-refractivity contribution in [1.29, 1.82) is 0 Å². The van der Waals surface area contributed by atoms with Gasteiger partial charge in [-0.2, -0.15) is 0 Å². The normalized spacial score (nSPS) is 22.5. The largest absolute Gasteiger partial charge is 0.150 e. The van der Waals surface area contributed by atoms with Crippen molar-refractivity contribution in [2.24, 2.45) is 5.18 Å². The lowest BCUT2D eigenvalue weighted by Crippen LogP contribution is -2.08.